The number of phenols is 1. The molecule has 192 valence electrons. The zero-order valence-corrected chi connectivity index (χ0v) is 21.6. The Hall–Kier alpha value is -4.85. The van der Waals surface area contributed by atoms with Gasteiger partial charge in [0.1, 0.15) is 11.5 Å². The number of hydrogen-bond acceptors (Lipinski definition) is 8. The van der Waals surface area contributed by atoms with Gasteiger partial charge in [0.25, 0.3) is 0 Å². The highest BCUT2D eigenvalue weighted by atomic mass is 16.5. The van der Waals surface area contributed by atoms with Crippen LogP contribution in [0.25, 0.3) is 0 Å². The van der Waals surface area contributed by atoms with E-state index in [2.05, 4.69) is 51.3 Å². The highest BCUT2D eigenvalue weighted by Crippen LogP contribution is 2.28. The number of phenolic OH excluding ortho intramolecular Hbond substituents is 1. The molecule has 38 heavy (non-hydrogen) atoms. The summed E-state index contributed by atoms with van der Waals surface area (Å²) in [5, 5.41) is 26.7. The van der Waals surface area contributed by atoms with Crippen LogP contribution in [0, 0.1) is 6.92 Å². The minimum absolute atomic E-state index is 0.102. The molecule has 0 aromatic heterocycles. The third-order valence-electron chi connectivity index (χ3n) is 5.86. The van der Waals surface area contributed by atoms with Crippen LogP contribution in [0.15, 0.2) is 111 Å². The number of anilines is 1. The van der Waals surface area contributed by atoms with E-state index in [0.29, 0.717) is 22.7 Å². The third-order valence-corrected chi connectivity index (χ3v) is 5.86. The Morgan fingerprint density at radius 2 is 1.29 bits per heavy atom. The van der Waals surface area contributed by atoms with Crippen LogP contribution in [0.2, 0.25) is 0 Å². The van der Waals surface area contributed by atoms with E-state index < -0.39 is 5.97 Å². The van der Waals surface area contributed by atoms with E-state index in [0.717, 1.165) is 30.0 Å². The summed E-state index contributed by atoms with van der Waals surface area (Å²) in [6.07, 6.45) is 0. The molecule has 1 N–H and O–H groups in total. The highest BCUT2D eigenvalue weighted by molar-refractivity contribution is 5.91. The van der Waals surface area contributed by atoms with E-state index in [1.165, 1.54) is 30.0 Å². The van der Waals surface area contributed by atoms with Gasteiger partial charge < -0.3 is 14.7 Å². The van der Waals surface area contributed by atoms with Crippen molar-refractivity contribution >= 4 is 34.4 Å². The first-order chi connectivity index (χ1) is 18.4. The molecule has 4 aromatic rings. The molecule has 0 aliphatic carbocycles. The van der Waals surface area contributed by atoms with Crippen molar-refractivity contribution in [3.8, 4) is 11.5 Å². The molecule has 0 bridgehead atoms. The fourth-order valence-corrected chi connectivity index (χ4v) is 3.70. The second-order valence-corrected chi connectivity index (χ2v) is 8.49. The van der Waals surface area contributed by atoms with E-state index in [1.54, 1.807) is 24.3 Å². The van der Waals surface area contributed by atoms with Crippen LogP contribution in [0.3, 0.4) is 0 Å². The van der Waals surface area contributed by atoms with Crippen LogP contribution in [0.5, 0.6) is 11.5 Å². The summed E-state index contributed by atoms with van der Waals surface area (Å²) in [7, 11) is 0. The monoisotopic (exact) mass is 507 g/mol. The Labute approximate surface area is 222 Å². The zero-order valence-electron chi connectivity index (χ0n) is 21.6. The summed E-state index contributed by atoms with van der Waals surface area (Å²) in [5.41, 5.74) is 5.29. The number of benzene rings is 4. The maximum atomic E-state index is 12.3. The smallest absolute Gasteiger partial charge is 0.343 e. The largest absolute Gasteiger partial charge is 0.508 e. The summed E-state index contributed by atoms with van der Waals surface area (Å²) in [5.74, 6) is -0.0478. The number of esters is 1. The molecule has 0 saturated heterocycles. The minimum atomic E-state index is -0.500. The maximum Gasteiger partial charge on any atom is 0.343 e. The molecule has 0 spiro atoms. The van der Waals surface area contributed by atoms with E-state index in [4.69, 9.17) is 4.74 Å². The number of ether oxygens (including phenoxy) is 1. The van der Waals surface area contributed by atoms with Crippen molar-refractivity contribution in [1.29, 1.82) is 0 Å². The van der Waals surface area contributed by atoms with Gasteiger partial charge in [-0.05, 0) is 117 Å². The minimum Gasteiger partial charge on any atom is -0.508 e. The molecule has 0 saturated carbocycles. The van der Waals surface area contributed by atoms with Gasteiger partial charge in [-0.3, -0.25) is 0 Å². The number of carbonyl (C=O) groups is 1. The van der Waals surface area contributed by atoms with Gasteiger partial charge in [0, 0.05) is 18.8 Å². The fourth-order valence-electron chi connectivity index (χ4n) is 3.70. The first kappa shape index (κ1) is 26.2. The molecule has 0 aliphatic heterocycles. The fraction of sp³-hybridized carbons (Fsp3) is 0.167. The predicted octanol–water partition coefficient (Wildman–Crippen LogP) is 8.60. The summed E-state index contributed by atoms with van der Waals surface area (Å²) in [6.45, 7) is 8.14. The molecule has 4 aromatic carbocycles. The second-order valence-electron chi connectivity index (χ2n) is 8.49. The van der Waals surface area contributed by atoms with Crippen molar-refractivity contribution in [2.24, 2.45) is 20.5 Å². The lowest BCUT2D eigenvalue weighted by atomic mass is 10.2. The molecule has 0 atom stereocenters. The molecular formula is C30H29N5O3. The number of aryl methyl sites for hydroxylation is 1. The van der Waals surface area contributed by atoms with Crippen molar-refractivity contribution in [1.82, 2.24) is 0 Å². The Morgan fingerprint density at radius 3 is 1.89 bits per heavy atom. The molecule has 0 unspecified atom stereocenters. The SMILES string of the molecule is CCN(CC)c1ccc(N=Nc2ccc(N=Nc3ccc(C(=O)Oc4ccc(O)cc4)cc3)c(C)c2)cc1. The van der Waals surface area contributed by atoms with Gasteiger partial charge in [0.15, 0.2) is 0 Å². The standard InChI is InChI=1S/C30H29N5O3/c1-4-35(5-2)26-13-10-24(11-14-26)31-33-25-12-19-29(21(3)20-25)34-32-23-8-6-22(7-9-23)30(37)38-28-17-15-27(36)16-18-28/h6-20,36H,4-5H2,1-3H3. The van der Waals surface area contributed by atoms with Crippen LogP contribution < -0.4 is 9.64 Å². The lowest BCUT2D eigenvalue weighted by molar-refractivity contribution is 0.0734. The predicted molar refractivity (Wildman–Crippen MR) is 149 cm³/mol. The molecule has 4 rings (SSSR count). The highest BCUT2D eigenvalue weighted by Gasteiger charge is 2.09. The van der Waals surface area contributed by atoms with Gasteiger partial charge in [0.2, 0.25) is 0 Å². The van der Waals surface area contributed by atoms with Crippen LogP contribution >= 0.6 is 0 Å². The van der Waals surface area contributed by atoms with E-state index in [9.17, 15) is 9.90 Å². The summed E-state index contributed by atoms with van der Waals surface area (Å²) < 4.78 is 5.30. The number of rotatable bonds is 9. The molecule has 0 fully saturated rings. The zero-order chi connectivity index (χ0) is 26.9. The maximum absolute atomic E-state index is 12.3. The summed E-state index contributed by atoms with van der Waals surface area (Å²) in [4.78, 5) is 14.6. The van der Waals surface area contributed by atoms with Crippen molar-refractivity contribution in [3.05, 3.63) is 102 Å². The Bertz CT molecular complexity index is 1430. The first-order valence-electron chi connectivity index (χ1n) is 12.4. The number of hydrogen-bond donors (Lipinski definition) is 1. The number of azo groups is 2. The average Bonchev–Trinajstić information content (AvgIpc) is 2.94. The average molecular weight is 508 g/mol. The molecule has 0 amide bonds. The molecule has 8 heteroatoms. The Balaban J connectivity index is 1.37. The van der Waals surface area contributed by atoms with Gasteiger partial charge in [-0.1, -0.05) is 0 Å². The van der Waals surface area contributed by atoms with Gasteiger partial charge in [-0.2, -0.15) is 20.5 Å². The number of carbonyl (C=O) groups excluding carboxylic acids is 1. The number of aromatic hydroxyl groups is 1. The van der Waals surface area contributed by atoms with Crippen LogP contribution in [0.1, 0.15) is 29.8 Å². The lowest BCUT2D eigenvalue weighted by Crippen LogP contribution is -2.21. The molecule has 0 radical (unpaired) electrons. The van der Waals surface area contributed by atoms with Crippen LogP contribution in [-0.2, 0) is 0 Å². The van der Waals surface area contributed by atoms with Crippen LogP contribution in [0.4, 0.5) is 28.4 Å². The van der Waals surface area contributed by atoms with Gasteiger partial charge in [-0.15, -0.1) is 0 Å². The van der Waals surface area contributed by atoms with Crippen molar-refractivity contribution in [2.45, 2.75) is 20.8 Å². The topological polar surface area (TPSA) is 99.2 Å². The van der Waals surface area contributed by atoms with E-state index >= 15 is 0 Å². The van der Waals surface area contributed by atoms with Gasteiger partial charge >= 0.3 is 5.97 Å². The quantitative estimate of drug-likeness (QED) is 0.139. The molecule has 0 heterocycles. The normalized spacial score (nSPS) is 11.2. The summed E-state index contributed by atoms with van der Waals surface area (Å²) >= 11 is 0. The van der Waals surface area contributed by atoms with Crippen molar-refractivity contribution in [2.75, 3.05) is 18.0 Å². The van der Waals surface area contributed by atoms with Gasteiger partial charge in [0.05, 0.1) is 28.3 Å². The Morgan fingerprint density at radius 1 is 0.737 bits per heavy atom. The first-order valence-corrected chi connectivity index (χ1v) is 12.4. The second kappa shape index (κ2) is 12.4. The number of nitrogens with zero attached hydrogens (tertiary/aromatic N) is 5. The van der Waals surface area contributed by atoms with Crippen LogP contribution in [-0.4, -0.2) is 24.2 Å². The molecule has 8 nitrogen and oxygen atoms in total. The lowest BCUT2D eigenvalue weighted by Gasteiger charge is -2.20. The van der Waals surface area contributed by atoms with Crippen molar-refractivity contribution < 1.29 is 14.6 Å². The van der Waals surface area contributed by atoms with E-state index in [1.807, 2.05) is 37.3 Å². The third kappa shape index (κ3) is 6.88. The summed E-state index contributed by atoms with van der Waals surface area (Å²) in [6, 6.07) is 26.2. The Kier molecular flexibility index (Phi) is 8.56. The van der Waals surface area contributed by atoms with Crippen molar-refractivity contribution in [3.63, 3.8) is 0 Å². The van der Waals surface area contributed by atoms with Gasteiger partial charge in [-0.25, -0.2) is 4.79 Å². The van der Waals surface area contributed by atoms with E-state index in [-0.39, 0.29) is 5.75 Å². The molecule has 0 aliphatic rings. The molecular weight excluding hydrogens is 478 g/mol.